The maximum Gasteiger partial charge on any atom is 0.326 e. The monoisotopic (exact) mass is 305 g/mol. The van der Waals surface area contributed by atoms with Crippen LogP contribution in [-0.4, -0.2) is 18.6 Å². The molecule has 0 atom stereocenters. The Bertz CT molecular complexity index is 497. The largest absolute Gasteiger partial charge is 0.468 e. The fourth-order valence-corrected chi connectivity index (χ4v) is 6.08. The van der Waals surface area contributed by atoms with Gasteiger partial charge in [-0.1, -0.05) is 6.07 Å². The summed E-state index contributed by atoms with van der Waals surface area (Å²) in [5.41, 5.74) is -0.424. The smallest absolute Gasteiger partial charge is 0.326 e. The van der Waals surface area contributed by atoms with Gasteiger partial charge in [-0.15, -0.1) is 11.3 Å². The van der Waals surface area contributed by atoms with Crippen LogP contribution in [0.4, 0.5) is 0 Å². The zero-order valence-corrected chi connectivity index (χ0v) is 13.3. The van der Waals surface area contributed by atoms with Crippen molar-refractivity contribution in [1.29, 1.82) is 0 Å². The number of hydrogen-bond donors (Lipinski definition) is 1. The summed E-state index contributed by atoms with van der Waals surface area (Å²) in [5, 5.41) is 5.76. The van der Waals surface area contributed by atoms with Gasteiger partial charge in [0.1, 0.15) is 5.54 Å². The van der Waals surface area contributed by atoms with Gasteiger partial charge < -0.3 is 4.74 Å². The summed E-state index contributed by atoms with van der Waals surface area (Å²) in [6, 6.07) is 4.21. The summed E-state index contributed by atoms with van der Waals surface area (Å²) in [7, 11) is 1.54. The molecule has 1 aromatic heterocycles. The molecule has 0 aliphatic heterocycles. The molecule has 0 spiro atoms. The van der Waals surface area contributed by atoms with Crippen molar-refractivity contribution in [3.8, 4) is 0 Å². The zero-order valence-electron chi connectivity index (χ0n) is 12.5. The van der Waals surface area contributed by atoms with Gasteiger partial charge in [0.05, 0.1) is 7.11 Å². The molecule has 1 aromatic rings. The molecule has 21 heavy (non-hydrogen) atoms. The Hall–Kier alpha value is -0.870. The van der Waals surface area contributed by atoms with Crippen molar-refractivity contribution in [2.75, 3.05) is 7.11 Å². The summed E-state index contributed by atoms with van der Waals surface area (Å²) in [5.74, 6) is 2.64. The van der Waals surface area contributed by atoms with E-state index in [1.807, 2.05) is 0 Å². The van der Waals surface area contributed by atoms with Gasteiger partial charge in [-0.2, -0.15) is 0 Å². The van der Waals surface area contributed by atoms with Crippen LogP contribution in [0.1, 0.15) is 37.0 Å². The van der Waals surface area contributed by atoms with Crippen LogP contribution < -0.4 is 5.32 Å². The van der Waals surface area contributed by atoms with E-state index in [0.717, 1.165) is 18.4 Å². The molecule has 114 valence electrons. The van der Waals surface area contributed by atoms with Crippen LogP contribution in [0, 0.1) is 23.7 Å². The molecule has 4 saturated carbocycles. The van der Waals surface area contributed by atoms with Gasteiger partial charge in [0.15, 0.2) is 0 Å². The van der Waals surface area contributed by atoms with E-state index in [4.69, 9.17) is 4.74 Å². The minimum absolute atomic E-state index is 0.0205. The molecule has 5 rings (SSSR count). The highest BCUT2D eigenvalue weighted by atomic mass is 32.1. The third-order valence-corrected chi connectivity index (χ3v) is 6.96. The summed E-state index contributed by atoms with van der Waals surface area (Å²) < 4.78 is 5.25. The number of ether oxygens (including phenoxy) is 1. The standard InChI is InChI=1S/C17H23NO2S/c1-20-16(19)17(18-10-15-3-2-4-21-15)13-6-11-5-12(8-13)9-14(17)7-11/h2-4,11-14,18H,5-10H2,1H3. The van der Waals surface area contributed by atoms with E-state index in [0.29, 0.717) is 11.8 Å². The molecule has 0 aromatic carbocycles. The molecule has 0 unspecified atom stereocenters. The highest BCUT2D eigenvalue weighted by Gasteiger charge is 2.61. The molecule has 1 heterocycles. The number of nitrogens with one attached hydrogen (secondary N) is 1. The normalized spacial score (nSPS) is 40.4. The van der Waals surface area contributed by atoms with Crippen molar-refractivity contribution in [2.45, 2.75) is 44.2 Å². The molecule has 4 bridgehead atoms. The van der Waals surface area contributed by atoms with Gasteiger partial charge in [0, 0.05) is 11.4 Å². The van der Waals surface area contributed by atoms with Crippen molar-refractivity contribution in [3.05, 3.63) is 22.4 Å². The van der Waals surface area contributed by atoms with Gasteiger partial charge in [-0.3, -0.25) is 10.1 Å². The van der Waals surface area contributed by atoms with E-state index in [2.05, 4.69) is 22.8 Å². The second kappa shape index (κ2) is 5.10. The first-order chi connectivity index (χ1) is 10.2. The Morgan fingerprint density at radius 2 is 1.95 bits per heavy atom. The third-order valence-electron chi connectivity index (χ3n) is 6.08. The summed E-state index contributed by atoms with van der Waals surface area (Å²) >= 11 is 1.75. The van der Waals surface area contributed by atoms with E-state index in [-0.39, 0.29) is 5.97 Å². The first-order valence-corrected chi connectivity index (χ1v) is 8.96. The van der Waals surface area contributed by atoms with E-state index < -0.39 is 5.54 Å². The Morgan fingerprint density at radius 3 is 2.48 bits per heavy atom. The number of carbonyl (C=O) groups is 1. The molecule has 4 aliphatic rings. The number of carbonyl (C=O) groups excluding carboxylic acids is 1. The average molecular weight is 305 g/mol. The lowest BCUT2D eigenvalue weighted by atomic mass is 9.48. The summed E-state index contributed by atoms with van der Waals surface area (Å²) in [6.45, 7) is 0.787. The van der Waals surface area contributed by atoms with Gasteiger partial charge in [0.2, 0.25) is 0 Å². The average Bonchev–Trinajstić information content (AvgIpc) is 2.99. The van der Waals surface area contributed by atoms with Crippen molar-refractivity contribution < 1.29 is 9.53 Å². The quantitative estimate of drug-likeness (QED) is 0.868. The molecule has 1 N–H and O–H groups in total. The molecule has 0 radical (unpaired) electrons. The molecule has 0 saturated heterocycles. The fourth-order valence-electron chi connectivity index (χ4n) is 5.44. The Kier molecular flexibility index (Phi) is 3.34. The van der Waals surface area contributed by atoms with E-state index in [1.165, 1.54) is 37.0 Å². The van der Waals surface area contributed by atoms with Crippen LogP contribution in [0.25, 0.3) is 0 Å². The SMILES string of the molecule is COC(=O)C1(NCc2cccs2)C2CC3CC(C2)CC1C3. The Morgan fingerprint density at radius 1 is 1.29 bits per heavy atom. The van der Waals surface area contributed by atoms with E-state index in [1.54, 1.807) is 18.4 Å². The van der Waals surface area contributed by atoms with Crippen LogP contribution in [-0.2, 0) is 16.1 Å². The van der Waals surface area contributed by atoms with Crippen molar-refractivity contribution in [1.82, 2.24) is 5.32 Å². The van der Waals surface area contributed by atoms with Crippen LogP contribution >= 0.6 is 11.3 Å². The first kappa shape index (κ1) is 13.8. The van der Waals surface area contributed by atoms with Gasteiger partial charge in [-0.25, -0.2) is 0 Å². The number of hydrogen-bond acceptors (Lipinski definition) is 4. The summed E-state index contributed by atoms with van der Waals surface area (Å²) in [4.78, 5) is 14.0. The first-order valence-electron chi connectivity index (χ1n) is 8.08. The van der Waals surface area contributed by atoms with Crippen molar-refractivity contribution in [2.24, 2.45) is 23.7 Å². The minimum Gasteiger partial charge on any atom is -0.468 e. The Labute approximate surface area is 130 Å². The lowest BCUT2D eigenvalue weighted by Gasteiger charge is -2.59. The van der Waals surface area contributed by atoms with E-state index >= 15 is 0 Å². The maximum absolute atomic E-state index is 12.7. The number of esters is 1. The lowest BCUT2D eigenvalue weighted by Crippen LogP contribution is -2.69. The maximum atomic E-state index is 12.7. The highest BCUT2D eigenvalue weighted by Crippen LogP contribution is 2.58. The molecule has 3 nitrogen and oxygen atoms in total. The van der Waals surface area contributed by atoms with Crippen LogP contribution in [0.15, 0.2) is 17.5 Å². The third kappa shape index (κ3) is 2.07. The second-order valence-corrected chi connectivity index (χ2v) is 8.13. The molecule has 0 amide bonds. The molecular weight excluding hydrogens is 282 g/mol. The zero-order chi connectivity index (χ0) is 14.4. The Balaban J connectivity index is 1.63. The number of rotatable bonds is 4. The fraction of sp³-hybridized carbons (Fsp3) is 0.706. The number of thiophene rings is 1. The van der Waals surface area contributed by atoms with Crippen LogP contribution in [0.2, 0.25) is 0 Å². The second-order valence-electron chi connectivity index (χ2n) is 7.10. The molecular formula is C17H23NO2S. The van der Waals surface area contributed by atoms with Gasteiger partial charge in [0.25, 0.3) is 0 Å². The topological polar surface area (TPSA) is 38.3 Å². The minimum atomic E-state index is -0.424. The van der Waals surface area contributed by atoms with Gasteiger partial charge >= 0.3 is 5.97 Å². The molecule has 4 heteroatoms. The van der Waals surface area contributed by atoms with Crippen molar-refractivity contribution >= 4 is 17.3 Å². The lowest BCUT2D eigenvalue weighted by molar-refractivity contribution is -0.168. The van der Waals surface area contributed by atoms with Gasteiger partial charge in [-0.05, 0) is 67.2 Å². The van der Waals surface area contributed by atoms with E-state index in [9.17, 15) is 4.79 Å². The predicted octanol–water partition coefficient (Wildman–Crippen LogP) is 3.21. The number of methoxy groups -OCH3 is 1. The van der Waals surface area contributed by atoms with Crippen molar-refractivity contribution in [3.63, 3.8) is 0 Å². The van der Waals surface area contributed by atoms with Crippen LogP contribution in [0.5, 0.6) is 0 Å². The molecule has 4 fully saturated rings. The highest BCUT2D eigenvalue weighted by molar-refractivity contribution is 7.09. The summed E-state index contributed by atoms with van der Waals surface area (Å²) in [6.07, 6.45) is 6.23. The molecule has 4 aliphatic carbocycles. The predicted molar refractivity (Wildman–Crippen MR) is 83.0 cm³/mol. The van der Waals surface area contributed by atoms with Crippen LogP contribution in [0.3, 0.4) is 0 Å².